The number of carbonyl (C=O) groups is 1. The third-order valence-electron chi connectivity index (χ3n) is 3.41. The minimum atomic E-state index is -0.144. The monoisotopic (exact) mass is 365 g/mol. The molecule has 1 aliphatic rings. The smallest absolute Gasteiger partial charge is 0.246 e. The molecule has 3 rings (SSSR count). The van der Waals surface area contributed by atoms with Gasteiger partial charge in [-0.15, -0.1) is 0 Å². The van der Waals surface area contributed by atoms with Crippen LogP contribution in [-0.2, 0) is 11.3 Å². The van der Waals surface area contributed by atoms with E-state index in [1.165, 1.54) is 0 Å². The van der Waals surface area contributed by atoms with Gasteiger partial charge in [-0.25, -0.2) is 0 Å². The molecule has 0 bridgehead atoms. The van der Waals surface area contributed by atoms with Gasteiger partial charge in [-0.2, -0.15) is 5.10 Å². The highest BCUT2D eigenvalue weighted by Crippen LogP contribution is 2.32. The van der Waals surface area contributed by atoms with Crippen LogP contribution in [0.25, 0.3) is 0 Å². The second kappa shape index (κ2) is 6.00. The maximum absolute atomic E-state index is 12.2. The summed E-state index contributed by atoms with van der Waals surface area (Å²) in [4.78, 5) is 12.2. The molecule has 0 unspecified atom stereocenters. The molecule has 2 heterocycles. The number of anilines is 1. The van der Waals surface area contributed by atoms with Gasteiger partial charge in [0, 0.05) is 11.8 Å². The SMILES string of the molecule is Cc1nn(CC(=O)Nc2ccc3c(c2)OCCO3)c(C)c1Br. The predicted octanol–water partition coefficient (Wildman–Crippen LogP) is 2.67. The Bertz CT molecular complexity index is 727. The number of benzene rings is 1. The molecule has 1 N–H and O–H groups in total. The van der Waals surface area contributed by atoms with Crippen LogP contribution in [0.15, 0.2) is 22.7 Å². The van der Waals surface area contributed by atoms with Crippen molar-refractivity contribution in [3.63, 3.8) is 0 Å². The third kappa shape index (κ3) is 2.94. The van der Waals surface area contributed by atoms with Crippen LogP contribution in [0.1, 0.15) is 11.4 Å². The van der Waals surface area contributed by atoms with Gasteiger partial charge in [0.2, 0.25) is 5.91 Å². The van der Waals surface area contributed by atoms with Crippen LogP contribution in [0.3, 0.4) is 0 Å². The summed E-state index contributed by atoms with van der Waals surface area (Å²) in [7, 11) is 0. The minimum absolute atomic E-state index is 0.144. The fourth-order valence-electron chi connectivity index (χ4n) is 2.29. The number of rotatable bonds is 3. The Kier molecular flexibility index (Phi) is 4.06. The first kappa shape index (κ1) is 14.9. The van der Waals surface area contributed by atoms with E-state index < -0.39 is 0 Å². The zero-order valence-electron chi connectivity index (χ0n) is 12.4. The fourth-order valence-corrected chi connectivity index (χ4v) is 2.57. The van der Waals surface area contributed by atoms with Crippen LogP contribution in [-0.4, -0.2) is 28.9 Å². The van der Waals surface area contributed by atoms with Crippen LogP contribution in [0.5, 0.6) is 11.5 Å². The van der Waals surface area contributed by atoms with E-state index in [0.29, 0.717) is 30.4 Å². The first-order valence-electron chi connectivity index (χ1n) is 6.93. The van der Waals surface area contributed by atoms with Gasteiger partial charge in [-0.3, -0.25) is 9.48 Å². The van der Waals surface area contributed by atoms with E-state index in [2.05, 4.69) is 26.3 Å². The molecule has 0 saturated heterocycles. The molecule has 1 amide bonds. The highest BCUT2D eigenvalue weighted by atomic mass is 79.9. The fraction of sp³-hybridized carbons (Fsp3) is 0.333. The topological polar surface area (TPSA) is 65.4 Å². The molecule has 0 spiro atoms. The Morgan fingerprint density at radius 3 is 2.73 bits per heavy atom. The quantitative estimate of drug-likeness (QED) is 0.907. The highest BCUT2D eigenvalue weighted by Gasteiger charge is 2.14. The van der Waals surface area contributed by atoms with Crippen LogP contribution in [0, 0.1) is 13.8 Å². The summed E-state index contributed by atoms with van der Waals surface area (Å²) in [5.74, 6) is 1.21. The van der Waals surface area contributed by atoms with Crippen molar-refractivity contribution >= 4 is 27.5 Å². The van der Waals surface area contributed by atoms with E-state index in [9.17, 15) is 4.79 Å². The number of fused-ring (bicyclic) bond motifs is 1. The van der Waals surface area contributed by atoms with E-state index in [1.54, 1.807) is 22.9 Å². The molecule has 0 radical (unpaired) electrons. The molecule has 0 saturated carbocycles. The van der Waals surface area contributed by atoms with Gasteiger partial charge in [-0.1, -0.05) is 0 Å². The molecule has 1 aliphatic heterocycles. The van der Waals surface area contributed by atoms with E-state index in [1.807, 2.05) is 13.8 Å². The Labute approximate surface area is 136 Å². The van der Waals surface area contributed by atoms with E-state index >= 15 is 0 Å². The van der Waals surface area contributed by atoms with Crippen molar-refractivity contribution in [3.05, 3.63) is 34.1 Å². The molecule has 6 nitrogen and oxygen atoms in total. The van der Waals surface area contributed by atoms with Gasteiger partial charge < -0.3 is 14.8 Å². The standard InChI is InChI=1S/C15H16BrN3O3/c1-9-15(16)10(2)19(18-9)8-14(20)17-11-3-4-12-13(7-11)22-6-5-21-12/h3-4,7H,5-6,8H2,1-2H3,(H,17,20). The number of aryl methyl sites for hydroxylation is 1. The van der Waals surface area contributed by atoms with Crippen molar-refractivity contribution in [2.45, 2.75) is 20.4 Å². The van der Waals surface area contributed by atoms with E-state index in [0.717, 1.165) is 15.9 Å². The van der Waals surface area contributed by atoms with Gasteiger partial charge in [0.05, 0.1) is 15.9 Å². The van der Waals surface area contributed by atoms with Crippen molar-refractivity contribution in [1.29, 1.82) is 0 Å². The maximum Gasteiger partial charge on any atom is 0.246 e. The molecule has 1 aromatic heterocycles. The number of amides is 1. The zero-order valence-corrected chi connectivity index (χ0v) is 13.9. The average molecular weight is 366 g/mol. The lowest BCUT2D eigenvalue weighted by Gasteiger charge is -2.19. The van der Waals surface area contributed by atoms with Crippen molar-refractivity contribution in [3.8, 4) is 11.5 Å². The van der Waals surface area contributed by atoms with Crippen LogP contribution in [0.4, 0.5) is 5.69 Å². The largest absolute Gasteiger partial charge is 0.486 e. The third-order valence-corrected chi connectivity index (χ3v) is 4.56. The minimum Gasteiger partial charge on any atom is -0.486 e. The molecule has 0 aliphatic carbocycles. The van der Waals surface area contributed by atoms with E-state index in [-0.39, 0.29) is 12.5 Å². The molecular weight excluding hydrogens is 350 g/mol. The second-order valence-corrected chi connectivity index (χ2v) is 5.84. The van der Waals surface area contributed by atoms with Gasteiger partial charge in [-0.05, 0) is 41.9 Å². The van der Waals surface area contributed by atoms with Crippen LogP contribution >= 0.6 is 15.9 Å². The van der Waals surface area contributed by atoms with Gasteiger partial charge >= 0.3 is 0 Å². The lowest BCUT2D eigenvalue weighted by molar-refractivity contribution is -0.116. The average Bonchev–Trinajstić information content (AvgIpc) is 2.74. The summed E-state index contributed by atoms with van der Waals surface area (Å²) < 4.78 is 13.6. The molecule has 1 aromatic carbocycles. The summed E-state index contributed by atoms with van der Waals surface area (Å²) in [6.45, 7) is 5.04. The molecule has 116 valence electrons. The normalized spacial score (nSPS) is 13.0. The Morgan fingerprint density at radius 2 is 2.05 bits per heavy atom. The Balaban J connectivity index is 1.70. The number of nitrogens with one attached hydrogen (secondary N) is 1. The predicted molar refractivity (Wildman–Crippen MR) is 85.5 cm³/mol. The number of hydrogen-bond donors (Lipinski definition) is 1. The summed E-state index contributed by atoms with van der Waals surface area (Å²) in [6.07, 6.45) is 0. The highest BCUT2D eigenvalue weighted by molar-refractivity contribution is 9.10. The molecule has 22 heavy (non-hydrogen) atoms. The number of ether oxygens (including phenoxy) is 2. The molecule has 0 atom stereocenters. The molecule has 2 aromatic rings. The lowest BCUT2D eigenvalue weighted by Crippen LogP contribution is -2.21. The number of halogens is 1. The van der Waals surface area contributed by atoms with Gasteiger partial charge in [0.1, 0.15) is 19.8 Å². The van der Waals surface area contributed by atoms with Crippen LogP contribution < -0.4 is 14.8 Å². The number of nitrogens with zero attached hydrogens (tertiary/aromatic N) is 2. The summed E-state index contributed by atoms with van der Waals surface area (Å²) in [5.41, 5.74) is 2.47. The van der Waals surface area contributed by atoms with E-state index in [4.69, 9.17) is 9.47 Å². The van der Waals surface area contributed by atoms with Crippen LogP contribution in [0.2, 0.25) is 0 Å². The first-order valence-corrected chi connectivity index (χ1v) is 7.73. The first-order chi connectivity index (χ1) is 10.5. The number of carbonyl (C=O) groups excluding carboxylic acids is 1. The number of aromatic nitrogens is 2. The van der Waals surface area contributed by atoms with Crippen molar-refractivity contribution in [2.75, 3.05) is 18.5 Å². The molecule has 0 fully saturated rings. The molecular formula is C15H16BrN3O3. The second-order valence-electron chi connectivity index (χ2n) is 5.05. The Morgan fingerprint density at radius 1 is 1.32 bits per heavy atom. The number of hydrogen-bond acceptors (Lipinski definition) is 4. The molecule has 7 heteroatoms. The summed E-state index contributed by atoms with van der Waals surface area (Å²) >= 11 is 3.45. The maximum atomic E-state index is 12.2. The van der Waals surface area contributed by atoms with Crippen molar-refractivity contribution in [1.82, 2.24) is 9.78 Å². The van der Waals surface area contributed by atoms with Crippen molar-refractivity contribution < 1.29 is 14.3 Å². The lowest BCUT2D eigenvalue weighted by atomic mass is 10.2. The summed E-state index contributed by atoms with van der Waals surface area (Å²) in [6, 6.07) is 5.36. The van der Waals surface area contributed by atoms with Gasteiger partial charge in [0.25, 0.3) is 0 Å². The Hall–Kier alpha value is -2.02. The zero-order chi connectivity index (χ0) is 15.7. The summed E-state index contributed by atoms with van der Waals surface area (Å²) in [5, 5.41) is 7.17. The van der Waals surface area contributed by atoms with Gasteiger partial charge in [0.15, 0.2) is 11.5 Å². The van der Waals surface area contributed by atoms with Crippen molar-refractivity contribution in [2.24, 2.45) is 0 Å².